The predicted octanol–water partition coefficient (Wildman–Crippen LogP) is 3.36. The van der Waals surface area contributed by atoms with Gasteiger partial charge >= 0.3 is 0 Å². The molecule has 0 bridgehead atoms. The molecule has 126 valence electrons. The molecule has 0 aliphatic carbocycles. The molecule has 24 heavy (non-hydrogen) atoms. The number of amides is 1. The molecule has 0 spiro atoms. The van der Waals surface area contributed by atoms with Crippen molar-refractivity contribution in [1.82, 2.24) is 5.43 Å². The molecule has 2 aromatic carbocycles. The van der Waals surface area contributed by atoms with Gasteiger partial charge in [0.2, 0.25) is 0 Å². The number of methoxy groups -OCH3 is 2. The van der Waals surface area contributed by atoms with Crippen molar-refractivity contribution < 1.29 is 14.3 Å². The van der Waals surface area contributed by atoms with Crippen LogP contribution in [0.4, 0.5) is 5.69 Å². The van der Waals surface area contributed by atoms with Gasteiger partial charge in [-0.05, 0) is 30.3 Å². The number of ether oxygens (including phenoxy) is 2. The second-order valence-corrected chi connectivity index (χ2v) is 5.43. The zero-order chi connectivity index (χ0) is 17.7. The van der Waals surface area contributed by atoms with Gasteiger partial charge < -0.3 is 15.2 Å². The minimum atomic E-state index is -0.379. The number of nitrogens with zero attached hydrogens (tertiary/aromatic N) is 1. The largest absolute Gasteiger partial charge is 0.494 e. The van der Waals surface area contributed by atoms with Gasteiger partial charge in [-0.1, -0.05) is 23.2 Å². The molecule has 0 aromatic heterocycles. The van der Waals surface area contributed by atoms with Crippen LogP contribution >= 0.6 is 23.2 Å². The third kappa shape index (κ3) is 3.90. The first-order chi connectivity index (χ1) is 11.5. The number of hydrogen-bond acceptors (Lipinski definition) is 5. The summed E-state index contributed by atoms with van der Waals surface area (Å²) >= 11 is 12.3. The number of anilines is 1. The van der Waals surface area contributed by atoms with Crippen molar-refractivity contribution in [1.29, 1.82) is 0 Å². The van der Waals surface area contributed by atoms with Gasteiger partial charge in [-0.3, -0.25) is 4.79 Å². The summed E-state index contributed by atoms with van der Waals surface area (Å²) in [5, 5.41) is 4.41. The number of hydrazone groups is 1. The summed E-state index contributed by atoms with van der Waals surface area (Å²) < 4.78 is 10.4. The summed E-state index contributed by atoms with van der Waals surface area (Å²) in [5.41, 5.74) is 9.47. The number of rotatable bonds is 5. The van der Waals surface area contributed by atoms with Crippen molar-refractivity contribution in [2.75, 3.05) is 20.0 Å². The Kier molecular flexibility index (Phi) is 5.89. The molecule has 0 atom stereocenters. The van der Waals surface area contributed by atoms with E-state index in [0.29, 0.717) is 33.3 Å². The highest BCUT2D eigenvalue weighted by molar-refractivity contribution is 6.38. The van der Waals surface area contributed by atoms with E-state index in [0.717, 1.165) is 0 Å². The Bertz CT molecular complexity index is 777. The number of carbonyl (C=O) groups is 1. The van der Waals surface area contributed by atoms with Crippen molar-refractivity contribution in [3.63, 3.8) is 0 Å². The molecule has 0 aliphatic heterocycles. The minimum absolute atomic E-state index is 0.221. The first-order valence-electron chi connectivity index (χ1n) is 6.76. The normalized spacial score (nSPS) is 10.7. The van der Waals surface area contributed by atoms with Crippen molar-refractivity contribution >= 4 is 41.0 Å². The summed E-state index contributed by atoms with van der Waals surface area (Å²) in [6.45, 7) is 0. The van der Waals surface area contributed by atoms with Crippen molar-refractivity contribution in [2.24, 2.45) is 5.10 Å². The molecule has 0 heterocycles. The Morgan fingerprint density at radius 3 is 2.38 bits per heavy atom. The Balaban J connectivity index is 2.20. The quantitative estimate of drug-likeness (QED) is 0.481. The first-order valence-corrected chi connectivity index (χ1v) is 7.52. The van der Waals surface area contributed by atoms with E-state index in [-0.39, 0.29) is 10.9 Å². The van der Waals surface area contributed by atoms with Crippen LogP contribution in [0.1, 0.15) is 15.9 Å². The average Bonchev–Trinajstić information content (AvgIpc) is 2.55. The molecular formula is C16H15Cl2N3O3. The maximum atomic E-state index is 12.0. The zero-order valence-electron chi connectivity index (χ0n) is 13.0. The topological polar surface area (TPSA) is 85.9 Å². The zero-order valence-corrected chi connectivity index (χ0v) is 14.5. The van der Waals surface area contributed by atoms with Crippen LogP contribution in [0.15, 0.2) is 35.4 Å². The standard InChI is InChI=1S/C16H15Cl2N3O3/c1-23-14-10(7-12(17)15(24-2)13(14)18)8-20-21-16(22)9-3-5-11(19)6-4-9/h3-8H,19H2,1-2H3,(H,21,22)/b20-8-. The van der Waals surface area contributed by atoms with Gasteiger partial charge in [0.1, 0.15) is 10.8 Å². The van der Waals surface area contributed by atoms with E-state index in [2.05, 4.69) is 10.5 Å². The van der Waals surface area contributed by atoms with E-state index in [4.69, 9.17) is 38.4 Å². The second-order valence-electron chi connectivity index (χ2n) is 4.65. The van der Waals surface area contributed by atoms with Gasteiger partial charge in [0.25, 0.3) is 5.91 Å². The van der Waals surface area contributed by atoms with Gasteiger partial charge in [-0.2, -0.15) is 5.10 Å². The maximum Gasteiger partial charge on any atom is 0.271 e. The Hall–Kier alpha value is -2.44. The van der Waals surface area contributed by atoms with Crippen molar-refractivity contribution in [2.45, 2.75) is 0 Å². The van der Waals surface area contributed by atoms with E-state index >= 15 is 0 Å². The minimum Gasteiger partial charge on any atom is -0.494 e. The highest BCUT2D eigenvalue weighted by Gasteiger charge is 2.16. The molecule has 6 nitrogen and oxygen atoms in total. The van der Waals surface area contributed by atoms with Crippen LogP contribution in [0.5, 0.6) is 11.5 Å². The Morgan fingerprint density at radius 1 is 1.17 bits per heavy atom. The Morgan fingerprint density at radius 2 is 1.79 bits per heavy atom. The number of nitrogens with two attached hydrogens (primary N) is 1. The molecule has 3 N–H and O–H groups in total. The number of nitrogens with one attached hydrogen (secondary N) is 1. The van der Waals surface area contributed by atoms with Gasteiger partial charge in [0.15, 0.2) is 5.75 Å². The number of hydrogen-bond donors (Lipinski definition) is 2. The maximum absolute atomic E-state index is 12.0. The number of nitrogen functional groups attached to an aromatic ring is 1. The van der Waals surface area contributed by atoms with Crippen molar-refractivity contribution in [3.05, 3.63) is 51.5 Å². The van der Waals surface area contributed by atoms with Crippen LogP contribution in [0.2, 0.25) is 10.0 Å². The van der Waals surface area contributed by atoms with Gasteiger partial charge in [-0.25, -0.2) is 5.43 Å². The fourth-order valence-electron chi connectivity index (χ4n) is 1.95. The van der Waals surface area contributed by atoms with E-state index in [1.54, 1.807) is 30.3 Å². The molecule has 0 aliphatic rings. The van der Waals surface area contributed by atoms with E-state index in [1.807, 2.05) is 0 Å². The van der Waals surface area contributed by atoms with E-state index in [9.17, 15) is 4.79 Å². The van der Waals surface area contributed by atoms with Crippen LogP contribution in [0.3, 0.4) is 0 Å². The molecule has 0 saturated heterocycles. The molecule has 2 rings (SSSR count). The molecule has 0 fully saturated rings. The van der Waals surface area contributed by atoms with Gasteiger partial charge in [0, 0.05) is 16.8 Å². The lowest BCUT2D eigenvalue weighted by atomic mass is 10.2. The van der Waals surface area contributed by atoms with Gasteiger partial charge in [0.05, 0.1) is 25.5 Å². The van der Waals surface area contributed by atoms with Crippen LogP contribution < -0.4 is 20.6 Å². The van der Waals surface area contributed by atoms with Crippen LogP contribution in [-0.4, -0.2) is 26.3 Å². The lowest BCUT2D eigenvalue weighted by Gasteiger charge is -2.12. The number of carbonyl (C=O) groups excluding carboxylic acids is 1. The number of halogens is 2. The summed E-state index contributed by atoms with van der Waals surface area (Å²) in [4.78, 5) is 12.0. The molecular weight excluding hydrogens is 353 g/mol. The second kappa shape index (κ2) is 7.90. The average molecular weight is 368 g/mol. The monoisotopic (exact) mass is 367 g/mol. The lowest BCUT2D eigenvalue weighted by molar-refractivity contribution is 0.0955. The fourth-order valence-corrected chi connectivity index (χ4v) is 2.66. The number of benzene rings is 2. The summed E-state index contributed by atoms with van der Waals surface area (Å²) in [6.07, 6.45) is 1.38. The highest BCUT2D eigenvalue weighted by atomic mass is 35.5. The van der Waals surface area contributed by atoms with Crippen LogP contribution in [0.25, 0.3) is 0 Å². The van der Waals surface area contributed by atoms with Gasteiger partial charge in [-0.15, -0.1) is 0 Å². The third-order valence-electron chi connectivity index (χ3n) is 3.11. The molecule has 2 aromatic rings. The van der Waals surface area contributed by atoms with Crippen LogP contribution in [-0.2, 0) is 0 Å². The summed E-state index contributed by atoms with van der Waals surface area (Å²) in [5.74, 6) is 0.262. The summed E-state index contributed by atoms with van der Waals surface area (Å²) in [6, 6.07) is 8.03. The fraction of sp³-hybridized carbons (Fsp3) is 0.125. The lowest BCUT2D eigenvalue weighted by Crippen LogP contribution is -2.17. The van der Waals surface area contributed by atoms with E-state index in [1.165, 1.54) is 20.4 Å². The smallest absolute Gasteiger partial charge is 0.271 e. The molecule has 0 unspecified atom stereocenters. The highest BCUT2D eigenvalue weighted by Crippen LogP contribution is 2.41. The van der Waals surface area contributed by atoms with Crippen molar-refractivity contribution in [3.8, 4) is 11.5 Å². The summed E-state index contributed by atoms with van der Waals surface area (Å²) in [7, 11) is 2.91. The molecule has 1 amide bonds. The van der Waals surface area contributed by atoms with E-state index < -0.39 is 0 Å². The molecule has 0 saturated carbocycles. The molecule has 8 heteroatoms. The molecule has 0 radical (unpaired) electrons. The first kappa shape index (κ1) is 17.9. The van der Waals surface area contributed by atoms with Crippen LogP contribution in [0, 0.1) is 0 Å². The SMILES string of the molecule is COc1c(Cl)cc(/C=N\NC(=O)c2ccc(N)cc2)c(OC)c1Cl. The Labute approximate surface area is 149 Å². The predicted molar refractivity (Wildman–Crippen MR) is 95.5 cm³/mol. The third-order valence-corrected chi connectivity index (χ3v) is 3.73.